The van der Waals surface area contributed by atoms with Crippen LogP contribution < -0.4 is 10.7 Å². The number of amidine groups is 1. The van der Waals surface area contributed by atoms with Crippen molar-refractivity contribution < 1.29 is 9.59 Å². The number of carbonyl (C=O) groups excluding carboxylic acids is 2. The Bertz CT molecular complexity index is 1190. The number of amides is 2. The Kier molecular flexibility index (Phi) is 5.02. The summed E-state index contributed by atoms with van der Waals surface area (Å²) in [6.07, 6.45) is 1.11. The van der Waals surface area contributed by atoms with E-state index >= 15 is 0 Å². The number of anilines is 1. The van der Waals surface area contributed by atoms with Gasteiger partial charge in [0.15, 0.2) is 0 Å². The number of piperidine rings is 1. The van der Waals surface area contributed by atoms with Gasteiger partial charge in [-0.3, -0.25) is 9.59 Å². The molecule has 2 N–H and O–H groups in total. The van der Waals surface area contributed by atoms with Crippen LogP contribution in [0.25, 0.3) is 0 Å². The number of fused-ring (bicyclic) bond motifs is 3. The highest BCUT2D eigenvalue weighted by atomic mass is 35.5. The second-order valence-electron chi connectivity index (χ2n) is 8.43. The summed E-state index contributed by atoms with van der Waals surface area (Å²) in [4.78, 5) is 28.2. The second-order valence-corrected chi connectivity index (χ2v) is 9.30. The third-order valence-corrected chi connectivity index (χ3v) is 7.25. The lowest BCUT2D eigenvalue weighted by atomic mass is 9.58. The van der Waals surface area contributed by atoms with Crippen LogP contribution in [0.1, 0.15) is 36.8 Å². The van der Waals surface area contributed by atoms with Crippen LogP contribution in [0.5, 0.6) is 0 Å². The molecule has 0 aliphatic carbocycles. The largest absolute Gasteiger partial charge is 0.341 e. The smallest absolute Gasteiger partial charge is 0.259 e. The number of carbonyl (C=O) groups is 2. The first-order valence-electron chi connectivity index (χ1n) is 10.5. The Morgan fingerprint density at radius 2 is 2.00 bits per heavy atom. The Balaban J connectivity index is 1.83. The number of nitrogens with zero attached hydrogens (tertiary/aromatic N) is 2. The normalized spacial score (nSPS) is 26.2. The SMILES string of the molecule is C=C(CC)[C@@H]1N2CC(=O)NN=C2C[C@@H](c2cccc(Cl)c2)C12C(=O)Nc1cc(Cl)ccc12. The number of nitrogens with one attached hydrogen (secondary N) is 2. The van der Waals surface area contributed by atoms with Crippen LogP contribution in [0.3, 0.4) is 0 Å². The molecule has 3 aliphatic heterocycles. The molecule has 32 heavy (non-hydrogen) atoms. The quantitative estimate of drug-likeness (QED) is 0.653. The third kappa shape index (κ3) is 2.97. The number of rotatable bonds is 3. The van der Waals surface area contributed by atoms with Gasteiger partial charge in [0.1, 0.15) is 17.8 Å². The summed E-state index contributed by atoms with van der Waals surface area (Å²) in [6.45, 7) is 6.47. The molecule has 0 saturated carbocycles. The lowest BCUT2D eigenvalue weighted by molar-refractivity contribution is -0.127. The average Bonchev–Trinajstić information content (AvgIpc) is 3.04. The standard InChI is InChI=1S/C24H22Cl2N4O2/c1-3-13(2)22-24(17-8-7-16(26)10-19(17)27-23(24)32)18(14-5-4-6-15(25)9-14)11-20-28-29-21(31)12-30(20)22/h4-10,18,22H,2-3,11-12H2,1H3,(H,27,32)(H,29,31)/t18-,22-,24?/m0/s1. The van der Waals surface area contributed by atoms with Crippen LogP contribution in [-0.4, -0.2) is 35.1 Å². The van der Waals surface area contributed by atoms with Crippen LogP contribution in [0.15, 0.2) is 59.7 Å². The van der Waals surface area contributed by atoms with E-state index in [1.807, 2.05) is 42.2 Å². The molecule has 8 heteroatoms. The van der Waals surface area contributed by atoms with Crippen LogP contribution in [0.2, 0.25) is 10.0 Å². The van der Waals surface area contributed by atoms with Crippen molar-refractivity contribution in [2.45, 2.75) is 37.1 Å². The third-order valence-electron chi connectivity index (χ3n) is 6.78. The molecule has 6 nitrogen and oxygen atoms in total. The van der Waals surface area contributed by atoms with E-state index in [0.29, 0.717) is 28.6 Å². The van der Waals surface area contributed by atoms with Gasteiger partial charge < -0.3 is 10.2 Å². The van der Waals surface area contributed by atoms with E-state index in [0.717, 1.165) is 22.5 Å². The van der Waals surface area contributed by atoms with Crippen molar-refractivity contribution in [1.29, 1.82) is 0 Å². The van der Waals surface area contributed by atoms with Crippen LogP contribution >= 0.6 is 23.2 Å². The van der Waals surface area contributed by atoms with Crippen molar-refractivity contribution in [3.8, 4) is 0 Å². The van der Waals surface area contributed by atoms with Gasteiger partial charge in [0, 0.05) is 28.1 Å². The molecule has 164 valence electrons. The molecule has 1 fully saturated rings. The topological polar surface area (TPSA) is 73.8 Å². The van der Waals surface area contributed by atoms with Gasteiger partial charge in [0.05, 0.1) is 6.04 Å². The Morgan fingerprint density at radius 3 is 2.75 bits per heavy atom. The van der Waals surface area contributed by atoms with E-state index in [-0.39, 0.29) is 24.3 Å². The van der Waals surface area contributed by atoms with Gasteiger partial charge in [-0.1, -0.05) is 60.5 Å². The molecule has 1 saturated heterocycles. The van der Waals surface area contributed by atoms with Gasteiger partial charge >= 0.3 is 0 Å². The summed E-state index contributed by atoms with van der Waals surface area (Å²) in [5.41, 5.74) is 4.90. The number of hydrogen-bond donors (Lipinski definition) is 2. The Labute approximate surface area is 196 Å². The number of benzene rings is 2. The maximum absolute atomic E-state index is 14.0. The van der Waals surface area contributed by atoms with Crippen LogP contribution in [0, 0.1) is 0 Å². The molecule has 2 amide bonds. The molecule has 1 unspecified atom stereocenters. The van der Waals surface area contributed by atoms with Gasteiger partial charge in [0.25, 0.3) is 5.91 Å². The van der Waals surface area contributed by atoms with Gasteiger partial charge in [-0.25, -0.2) is 5.43 Å². The fraction of sp³-hybridized carbons (Fsp3) is 0.292. The van der Waals surface area contributed by atoms with Gasteiger partial charge in [-0.2, -0.15) is 5.10 Å². The minimum Gasteiger partial charge on any atom is -0.341 e. The van der Waals surface area contributed by atoms with Crippen molar-refractivity contribution in [2.75, 3.05) is 11.9 Å². The zero-order valence-corrected chi connectivity index (χ0v) is 19.0. The lowest BCUT2D eigenvalue weighted by Crippen LogP contribution is -2.66. The highest BCUT2D eigenvalue weighted by Crippen LogP contribution is 2.57. The molecule has 0 aromatic heterocycles. The zero-order chi connectivity index (χ0) is 22.6. The molecule has 5 rings (SSSR count). The summed E-state index contributed by atoms with van der Waals surface area (Å²) in [5.74, 6) is 0.107. The maximum atomic E-state index is 14.0. The summed E-state index contributed by atoms with van der Waals surface area (Å²) in [7, 11) is 0. The van der Waals surface area contributed by atoms with Crippen molar-refractivity contribution >= 4 is 46.5 Å². The molecule has 3 atom stereocenters. The zero-order valence-electron chi connectivity index (χ0n) is 17.5. The van der Waals surface area contributed by atoms with Crippen LogP contribution in [-0.2, 0) is 15.0 Å². The summed E-state index contributed by atoms with van der Waals surface area (Å²) < 4.78 is 0. The number of halogens is 2. The molecule has 3 aliphatic rings. The lowest BCUT2D eigenvalue weighted by Gasteiger charge is -2.53. The van der Waals surface area contributed by atoms with Crippen molar-refractivity contribution in [3.05, 3.63) is 75.8 Å². The highest BCUT2D eigenvalue weighted by molar-refractivity contribution is 6.31. The molecular formula is C24H22Cl2N4O2. The molecule has 0 bridgehead atoms. The molecule has 0 radical (unpaired) electrons. The van der Waals surface area contributed by atoms with E-state index in [1.54, 1.807) is 12.1 Å². The first-order chi connectivity index (χ1) is 15.4. The van der Waals surface area contributed by atoms with E-state index in [2.05, 4.69) is 22.4 Å². The Morgan fingerprint density at radius 1 is 1.22 bits per heavy atom. The summed E-state index contributed by atoms with van der Waals surface area (Å²) in [6, 6.07) is 12.6. The Hall–Kier alpha value is -2.83. The van der Waals surface area contributed by atoms with Crippen LogP contribution in [0.4, 0.5) is 5.69 Å². The van der Waals surface area contributed by atoms with Gasteiger partial charge in [-0.15, -0.1) is 0 Å². The monoisotopic (exact) mass is 468 g/mol. The molecular weight excluding hydrogens is 447 g/mol. The predicted molar refractivity (Wildman–Crippen MR) is 126 cm³/mol. The minimum absolute atomic E-state index is 0.114. The van der Waals surface area contributed by atoms with E-state index in [9.17, 15) is 9.59 Å². The van der Waals surface area contributed by atoms with Gasteiger partial charge in [-0.05, 0) is 41.8 Å². The second kappa shape index (κ2) is 7.64. The fourth-order valence-corrected chi connectivity index (χ4v) is 5.81. The summed E-state index contributed by atoms with van der Waals surface area (Å²) >= 11 is 12.6. The molecule has 1 spiro atoms. The first-order valence-corrected chi connectivity index (χ1v) is 11.3. The summed E-state index contributed by atoms with van der Waals surface area (Å²) in [5, 5.41) is 8.57. The minimum atomic E-state index is -1.02. The fourth-order valence-electron chi connectivity index (χ4n) is 5.44. The predicted octanol–water partition coefficient (Wildman–Crippen LogP) is 4.45. The number of hydrazone groups is 1. The average molecular weight is 469 g/mol. The highest BCUT2D eigenvalue weighted by Gasteiger charge is 2.63. The van der Waals surface area contributed by atoms with E-state index in [4.69, 9.17) is 23.2 Å². The molecule has 3 heterocycles. The van der Waals surface area contributed by atoms with E-state index < -0.39 is 11.5 Å². The van der Waals surface area contributed by atoms with Crippen molar-refractivity contribution in [2.24, 2.45) is 5.10 Å². The molecule has 2 aromatic carbocycles. The van der Waals surface area contributed by atoms with E-state index in [1.165, 1.54) is 0 Å². The van der Waals surface area contributed by atoms with Crippen molar-refractivity contribution in [3.63, 3.8) is 0 Å². The molecule has 2 aromatic rings. The number of hydrogen-bond acceptors (Lipinski definition) is 4. The van der Waals surface area contributed by atoms with Gasteiger partial charge in [0.2, 0.25) is 5.91 Å². The maximum Gasteiger partial charge on any atom is 0.259 e. The first kappa shape index (κ1) is 21.0. The van der Waals surface area contributed by atoms with Crippen molar-refractivity contribution in [1.82, 2.24) is 10.3 Å².